The standard InChI is InChI=1S/C34H22Cl4N2/c35-24-5-13-28(14-6-24)39(29-15-7-25(36)8-16-29)32-21-23-3-1-2-4-33(23)34(22-32)40(30-17-9-26(37)10-18-30)31-19-11-27(38)12-20-31/h1-22H. The molecule has 0 saturated carbocycles. The maximum Gasteiger partial charge on any atom is 0.0560 e. The Morgan fingerprint density at radius 1 is 0.350 bits per heavy atom. The molecule has 196 valence electrons. The molecule has 0 unspecified atom stereocenters. The molecule has 0 atom stereocenters. The summed E-state index contributed by atoms with van der Waals surface area (Å²) >= 11 is 25.1. The zero-order valence-corrected chi connectivity index (χ0v) is 24.1. The van der Waals surface area contributed by atoms with Crippen LogP contribution in [0.1, 0.15) is 0 Å². The van der Waals surface area contributed by atoms with Crippen LogP contribution in [0.3, 0.4) is 0 Å². The molecule has 0 radical (unpaired) electrons. The lowest BCUT2D eigenvalue weighted by molar-refractivity contribution is 1.26. The first kappa shape index (κ1) is 26.6. The summed E-state index contributed by atoms with van der Waals surface area (Å²) < 4.78 is 0. The van der Waals surface area contributed by atoms with E-state index in [1.807, 2.05) is 97.1 Å². The number of nitrogens with zero attached hydrogens (tertiary/aromatic N) is 2. The number of hydrogen-bond acceptors (Lipinski definition) is 2. The fourth-order valence-corrected chi connectivity index (χ4v) is 5.33. The lowest BCUT2D eigenvalue weighted by Gasteiger charge is -2.31. The highest BCUT2D eigenvalue weighted by atomic mass is 35.5. The zero-order chi connectivity index (χ0) is 27.6. The van der Waals surface area contributed by atoms with E-state index in [1.54, 1.807) is 0 Å². The van der Waals surface area contributed by atoms with E-state index in [1.165, 1.54) is 0 Å². The molecule has 0 fully saturated rings. The molecule has 0 bridgehead atoms. The molecule has 6 heteroatoms. The highest BCUT2D eigenvalue weighted by Crippen LogP contribution is 2.44. The molecule has 0 aliphatic heterocycles. The van der Waals surface area contributed by atoms with Crippen molar-refractivity contribution >= 4 is 91.3 Å². The van der Waals surface area contributed by atoms with Crippen molar-refractivity contribution in [2.45, 2.75) is 0 Å². The highest BCUT2D eigenvalue weighted by Gasteiger charge is 2.20. The van der Waals surface area contributed by atoms with Gasteiger partial charge in [0.1, 0.15) is 0 Å². The summed E-state index contributed by atoms with van der Waals surface area (Å²) in [6.45, 7) is 0. The Labute approximate surface area is 253 Å². The summed E-state index contributed by atoms with van der Waals surface area (Å²) in [6, 6.07) is 44.1. The van der Waals surface area contributed by atoms with Crippen molar-refractivity contribution in [3.8, 4) is 0 Å². The Morgan fingerprint density at radius 2 is 0.725 bits per heavy atom. The Hall–Kier alpha value is -3.66. The second-order valence-corrected chi connectivity index (χ2v) is 11.0. The van der Waals surface area contributed by atoms with Crippen molar-refractivity contribution in [2.75, 3.05) is 9.80 Å². The molecule has 0 heterocycles. The number of rotatable bonds is 6. The third-order valence-electron chi connectivity index (χ3n) is 6.66. The van der Waals surface area contributed by atoms with E-state index < -0.39 is 0 Å². The molecule has 0 aromatic heterocycles. The van der Waals surface area contributed by atoms with E-state index in [-0.39, 0.29) is 0 Å². The normalized spacial score (nSPS) is 11.0. The maximum absolute atomic E-state index is 6.29. The molecule has 0 aliphatic carbocycles. The van der Waals surface area contributed by atoms with E-state index in [0.717, 1.165) is 44.9 Å². The van der Waals surface area contributed by atoms with Crippen molar-refractivity contribution in [2.24, 2.45) is 0 Å². The van der Waals surface area contributed by atoms with E-state index >= 15 is 0 Å². The van der Waals surface area contributed by atoms with Crippen LogP contribution in [0.25, 0.3) is 10.8 Å². The van der Waals surface area contributed by atoms with Gasteiger partial charge in [0.05, 0.1) is 5.69 Å². The molecule has 2 nitrogen and oxygen atoms in total. The Morgan fingerprint density at radius 3 is 1.15 bits per heavy atom. The minimum atomic E-state index is 0.676. The zero-order valence-electron chi connectivity index (χ0n) is 21.1. The minimum Gasteiger partial charge on any atom is -0.310 e. The number of anilines is 6. The summed E-state index contributed by atoms with van der Waals surface area (Å²) in [4.78, 5) is 4.42. The summed E-state index contributed by atoms with van der Waals surface area (Å²) in [7, 11) is 0. The summed E-state index contributed by atoms with van der Waals surface area (Å²) in [5.41, 5.74) is 5.86. The van der Waals surface area contributed by atoms with Crippen LogP contribution in [0.15, 0.2) is 133 Å². The van der Waals surface area contributed by atoms with Crippen LogP contribution in [0, 0.1) is 0 Å². The summed E-state index contributed by atoms with van der Waals surface area (Å²) in [5, 5.41) is 4.90. The van der Waals surface area contributed by atoms with Crippen LogP contribution in [-0.2, 0) is 0 Å². The number of hydrogen-bond donors (Lipinski definition) is 0. The van der Waals surface area contributed by atoms with E-state index in [2.05, 4.69) is 46.2 Å². The van der Waals surface area contributed by atoms with Gasteiger partial charge in [-0.2, -0.15) is 0 Å². The fourth-order valence-electron chi connectivity index (χ4n) is 4.82. The SMILES string of the molecule is Clc1ccc(N(c2ccc(Cl)cc2)c2cc(N(c3ccc(Cl)cc3)c3ccc(Cl)cc3)c3ccccc3c2)cc1. The Balaban J connectivity index is 1.63. The van der Waals surface area contributed by atoms with Crippen LogP contribution >= 0.6 is 46.4 Å². The molecule has 6 aromatic carbocycles. The quantitative estimate of drug-likeness (QED) is 0.188. The van der Waals surface area contributed by atoms with Crippen LogP contribution in [0.5, 0.6) is 0 Å². The molecule has 0 spiro atoms. The average Bonchev–Trinajstić information content (AvgIpc) is 2.97. The number of fused-ring (bicyclic) bond motifs is 1. The first-order valence-corrected chi connectivity index (χ1v) is 14.1. The van der Waals surface area contributed by atoms with Crippen molar-refractivity contribution in [1.29, 1.82) is 0 Å². The third-order valence-corrected chi connectivity index (χ3v) is 7.67. The first-order chi connectivity index (χ1) is 19.5. The second-order valence-electron chi connectivity index (χ2n) is 9.26. The summed E-state index contributed by atoms with van der Waals surface area (Å²) in [6.07, 6.45) is 0. The smallest absolute Gasteiger partial charge is 0.0560 e. The van der Waals surface area contributed by atoms with Gasteiger partial charge in [-0.05, 0) is 115 Å². The topological polar surface area (TPSA) is 6.48 Å². The van der Waals surface area contributed by atoms with Gasteiger partial charge in [0.2, 0.25) is 0 Å². The molecule has 6 aromatic rings. The van der Waals surface area contributed by atoms with E-state index in [0.29, 0.717) is 20.1 Å². The van der Waals surface area contributed by atoms with Crippen LogP contribution in [0.4, 0.5) is 34.1 Å². The maximum atomic E-state index is 6.29. The van der Waals surface area contributed by atoms with Gasteiger partial charge in [-0.3, -0.25) is 0 Å². The first-order valence-electron chi connectivity index (χ1n) is 12.6. The monoisotopic (exact) mass is 598 g/mol. The summed E-state index contributed by atoms with van der Waals surface area (Å²) in [5.74, 6) is 0. The van der Waals surface area contributed by atoms with Crippen LogP contribution in [0.2, 0.25) is 20.1 Å². The molecule has 6 rings (SSSR count). The minimum absolute atomic E-state index is 0.676. The predicted octanol–water partition coefficient (Wildman–Crippen LogP) is 12.4. The van der Waals surface area contributed by atoms with Gasteiger partial charge in [0.15, 0.2) is 0 Å². The molecule has 0 amide bonds. The van der Waals surface area contributed by atoms with Crippen molar-refractivity contribution in [3.05, 3.63) is 154 Å². The molecular weight excluding hydrogens is 578 g/mol. The fraction of sp³-hybridized carbons (Fsp3) is 0. The van der Waals surface area contributed by atoms with Crippen LogP contribution < -0.4 is 9.80 Å². The molecular formula is C34H22Cl4N2. The largest absolute Gasteiger partial charge is 0.310 e. The molecule has 40 heavy (non-hydrogen) atoms. The second kappa shape index (κ2) is 11.4. The lowest BCUT2D eigenvalue weighted by Crippen LogP contribution is -2.13. The van der Waals surface area contributed by atoms with Gasteiger partial charge in [0.25, 0.3) is 0 Å². The highest BCUT2D eigenvalue weighted by molar-refractivity contribution is 6.31. The molecule has 0 aliphatic rings. The van der Waals surface area contributed by atoms with Gasteiger partial charge in [-0.25, -0.2) is 0 Å². The average molecular weight is 600 g/mol. The number of halogens is 4. The Kier molecular flexibility index (Phi) is 7.60. The van der Waals surface area contributed by atoms with Gasteiger partial charge in [0, 0.05) is 53.9 Å². The predicted molar refractivity (Wildman–Crippen MR) is 173 cm³/mol. The molecule has 0 N–H and O–H groups in total. The molecule has 0 saturated heterocycles. The van der Waals surface area contributed by atoms with Crippen molar-refractivity contribution in [1.82, 2.24) is 0 Å². The lowest BCUT2D eigenvalue weighted by atomic mass is 10.0. The van der Waals surface area contributed by atoms with Gasteiger partial charge >= 0.3 is 0 Å². The van der Waals surface area contributed by atoms with E-state index in [4.69, 9.17) is 46.4 Å². The van der Waals surface area contributed by atoms with Gasteiger partial charge < -0.3 is 9.80 Å². The number of benzene rings is 6. The van der Waals surface area contributed by atoms with Crippen molar-refractivity contribution in [3.63, 3.8) is 0 Å². The third kappa shape index (κ3) is 5.50. The van der Waals surface area contributed by atoms with Crippen molar-refractivity contribution < 1.29 is 0 Å². The van der Waals surface area contributed by atoms with Crippen LogP contribution in [-0.4, -0.2) is 0 Å². The van der Waals surface area contributed by atoms with Gasteiger partial charge in [-0.1, -0.05) is 70.7 Å². The van der Waals surface area contributed by atoms with E-state index in [9.17, 15) is 0 Å². The van der Waals surface area contributed by atoms with Gasteiger partial charge in [-0.15, -0.1) is 0 Å². The Bertz CT molecular complexity index is 1680.